The maximum absolute atomic E-state index is 11.4. The molecule has 120 valence electrons. The van der Waals surface area contributed by atoms with Crippen molar-refractivity contribution < 1.29 is 14.6 Å². The molecule has 0 radical (unpaired) electrons. The molecule has 2 unspecified atom stereocenters. The van der Waals surface area contributed by atoms with E-state index in [9.17, 15) is 9.90 Å². The molecule has 20 heavy (non-hydrogen) atoms. The van der Waals surface area contributed by atoms with Crippen molar-refractivity contribution in [2.24, 2.45) is 17.8 Å². The molecule has 0 spiro atoms. The van der Waals surface area contributed by atoms with Gasteiger partial charge in [0.2, 0.25) is 0 Å². The van der Waals surface area contributed by atoms with Gasteiger partial charge in [0.1, 0.15) is 0 Å². The Morgan fingerprint density at radius 2 is 1.60 bits per heavy atom. The zero-order valence-electron chi connectivity index (χ0n) is 14.2. The van der Waals surface area contributed by atoms with Gasteiger partial charge in [-0.25, -0.2) is 4.79 Å². The minimum absolute atomic E-state index is 0.408. The number of rotatable bonds is 10. The summed E-state index contributed by atoms with van der Waals surface area (Å²) in [5, 5.41) is 9.45. The Labute approximate surface area is 125 Å². The molecule has 3 nitrogen and oxygen atoms in total. The highest BCUT2D eigenvalue weighted by Gasteiger charge is 2.25. The average Bonchev–Trinajstić information content (AvgIpc) is 2.26. The minimum Gasteiger partial charge on any atom is -0.464 e. The molecule has 0 saturated heterocycles. The molecule has 0 aliphatic heterocycles. The molecule has 2 atom stereocenters. The fourth-order valence-corrected chi connectivity index (χ4v) is 2.41. The maximum atomic E-state index is 11.4. The van der Waals surface area contributed by atoms with Crippen molar-refractivity contribution >= 4 is 5.97 Å². The molecule has 0 aromatic rings. The van der Waals surface area contributed by atoms with Crippen molar-refractivity contribution in [1.29, 1.82) is 0 Å². The smallest absolute Gasteiger partial charge is 0.337 e. The molecular formula is C17H34O3. The lowest BCUT2D eigenvalue weighted by Gasteiger charge is -2.18. The Balaban J connectivity index is 3.65. The van der Waals surface area contributed by atoms with Crippen molar-refractivity contribution in [3.63, 3.8) is 0 Å². The first-order chi connectivity index (χ1) is 9.12. The maximum Gasteiger partial charge on any atom is 0.337 e. The highest BCUT2D eigenvalue weighted by molar-refractivity contribution is 5.78. The van der Waals surface area contributed by atoms with Crippen LogP contribution in [0.2, 0.25) is 0 Å². The van der Waals surface area contributed by atoms with E-state index in [4.69, 9.17) is 4.74 Å². The van der Waals surface area contributed by atoms with Crippen LogP contribution in [0.1, 0.15) is 73.6 Å². The van der Waals surface area contributed by atoms with E-state index >= 15 is 0 Å². The average molecular weight is 286 g/mol. The summed E-state index contributed by atoms with van der Waals surface area (Å²) in [6.45, 7) is 12.4. The van der Waals surface area contributed by atoms with Crippen LogP contribution in [0, 0.1) is 17.8 Å². The van der Waals surface area contributed by atoms with E-state index < -0.39 is 11.6 Å². The zero-order valence-corrected chi connectivity index (χ0v) is 14.2. The van der Waals surface area contributed by atoms with Crippen molar-refractivity contribution in [1.82, 2.24) is 0 Å². The fourth-order valence-electron chi connectivity index (χ4n) is 2.41. The van der Waals surface area contributed by atoms with Gasteiger partial charge in [-0.05, 0) is 44.4 Å². The van der Waals surface area contributed by atoms with Crippen LogP contribution in [0.25, 0.3) is 0 Å². The van der Waals surface area contributed by atoms with Gasteiger partial charge in [-0.2, -0.15) is 0 Å². The second kappa shape index (κ2) is 9.38. The summed E-state index contributed by atoms with van der Waals surface area (Å²) in [7, 11) is 0. The van der Waals surface area contributed by atoms with Gasteiger partial charge in [0, 0.05) is 0 Å². The lowest BCUT2D eigenvalue weighted by atomic mass is 9.91. The number of esters is 1. The highest BCUT2D eigenvalue weighted by Crippen LogP contribution is 2.20. The number of carbonyl (C=O) groups is 1. The lowest BCUT2D eigenvalue weighted by molar-refractivity contribution is -0.162. The third-order valence-corrected chi connectivity index (χ3v) is 3.61. The van der Waals surface area contributed by atoms with E-state index in [-0.39, 0.29) is 0 Å². The summed E-state index contributed by atoms with van der Waals surface area (Å²) in [5.41, 5.74) is -1.38. The molecule has 0 bridgehead atoms. The van der Waals surface area contributed by atoms with Crippen LogP contribution in [-0.2, 0) is 9.53 Å². The van der Waals surface area contributed by atoms with Crippen LogP contribution in [0.3, 0.4) is 0 Å². The number of ether oxygens (including phenoxy) is 1. The van der Waals surface area contributed by atoms with E-state index in [1.54, 1.807) is 0 Å². The molecule has 1 N–H and O–H groups in total. The zero-order chi connectivity index (χ0) is 15.8. The first-order valence-electron chi connectivity index (χ1n) is 8.02. The molecule has 0 aromatic heterocycles. The van der Waals surface area contributed by atoms with Gasteiger partial charge in [-0.15, -0.1) is 0 Å². The monoisotopic (exact) mass is 286 g/mol. The molecule has 0 rings (SSSR count). The molecule has 0 aromatic carbocycles. The summed E-state index contributed by atoms with van der Waals surface area (Å²) in [6, 6.07) is 0. The van der Waals surface area contributed by atoms with Crippen LogP contribution in [0.15, 0.2) is 0 Å². The van der Waals surface area contributed by atoms with Crippen LogP contribution >= 0.6 is 0 Å². The Kier molecular flexibility index (Phi) is 9.11. The summed E-state index contributed by atoms with van der Waals surface area (Å²) < 4.78 is 5.07. The molecule has 0 fully saturated rings. The molecule has 0 aliphatic carbocycles. The van der Waals surface area contributed by atoms with Crippen LogP contribution in [-0.4, -0.2) is 23.3 Å². The van der Waals surface area contributed by atoms with Crippen LogP contribution in [0.4, 0.5) is 0 Å². The van der Waals surface area contributed by atoms with E-state index in [0.29, 0.717) is 12.5 Å². The second-order valence-electron chi connectivity index (χ2n) is 7.25. The summed E-state index contributed by atoms with van der Waals surface area (Å²) in [4.78, 5) is 11.4. The molecule has 3 heteroatoms. The van der Waals surface area contributed by atoms with Gasteiger partial charge < -0.3 is 9.84 Å². The van der Waals surface area contributed by atoms with Crippen molar-refractivity contribution in [3.05, 3.63) is 0 Å². The van der Waals surface area contributed by atoms with Gasteiger partial charge in [0.25, 0.3) is 0 Å². The largest absolute Gasteiger partial charge is 0.464 e. The van der Waals surface area contributed by atoms with E-state index in [1.807, 2.05) is 0 Å². The predicted molar refractivity (Wildman–Crippen MR) is 83.5 cm³/mol. The topological polar surface area (TPSA) is 46.5 Å². The number of hydrogen-bond donors (Lipinski definition) is 1. The number of hydrogen-bond acceptors (Lipinski definition) is 3. The van der Waals surface area contributed by atoms with Gasteiger partial charge in [0.15, 0.2) is 5.60 Å². The summed E-state index contributed by atoms with van der Waals surface area (Å²) in [6.07, 6.45) is 5.89. The molecule has 0 amide bonds. The summed E-state index contributed by atoms with van der Waals surface area (Å²) >= 11 is 0. The summed E-state index contributed by atoms with van der Waals surface area (Å²) in [5.74, 6) is 1.62. The van der Waals surface area contributed by atoms with E-state index in [0.717, 1.165) is 18.3 Å². The number of carbonyl (C=O) groups excluding carboxylic acids is 1. The Morgan fingerprint density at radius 1 is 1.05 bits per heavy atom. The SMILES string of the molecule is CC(C)CC(C)CCCC(C)CCOC(=O)C(C)(C)O. The lowest BCUT2D eigenvalue weighted by Crippen LogP contribution is -2.33. The molecule has 0 heterocycles. The van der Waals surface area contributed by atoms with Crippen molar-refractivity contribution in [3.8, 4) is 0 Å². The third-order valence-electron chi connectivity index (χ3n) is 3.61. The fraction of sp³-hybridized carbons (Fsp3) is 0.941. The molecule has 0 aliphatic rings. The molecule has 0 saturated carbocycles. The second-order valence-corrected chi connectivity index (χ2v) is 7.25. The normalized spacial score (nSPS) is 15.2. The van der Waals surface area contributed by atoms with E-state index in [1.165, 1.54) is 39.5 Å². The standard InChI is InChI=1S/C17H34O3/c1-13(2)12-15(4)9-7-8-14(3)10-11-20-16(18)17(5,6)19/h13-15,19H,7-12H2,1-6H3. The minimum atomic E-state index is -1.38. The first kappa shape index (κ1) is 19.4. The quantitative estimate of drug-likeness (QED) is 0.613. The van der Waals surface area contributed by atoms with Crippen LogP contribution in [0.5, 0.6) is 0 Å². The van der Waals surface area contributed by atoms with Gasteiger partial charge in [0.05, 0.1) is 6.61 Å². The highest BCUT2D eigenvalue weighted by atomic mass is 16.5. The van der Waals surface area contributed by atoms with Crippen molar-refractivity contribution in [2.75, 3.05) is 6.61 Å². The van der Waals surface area contributed by atoms with Gasteiger partial charge in [-0.1, -0.05) is 47.0 Å². The number of aliphatic hydroxyl groups is 1. The van der Waals surface area contributed by atoms with Crippen molar-refractivity contribution in [2.45, 2.75) is 79.2 Å². The molecular weight excluding hydrogens is 252 g/mol. The Bertz CT molecular complexity index is 266. The van der Waals surface area contributed by atoms with Gasteiger partial charge in [-0.3, -0.25) is 0 Å². The van der Waals surface area contributed by atoms with Crippen LogP contribution < -0.4 is 0 Å². The van der Waals surface area contributed by atoms with E-state index in [2.05, 4.69) is 27.7 Å². The first-order valence-corrected chi connectivity index (χ1v) is 8.02. The Hall–Kier alpha value is -0.570. The third kappa shape index (κ3) is 10.2. The Morgan fingerprint density at radius 3 is 2.10 bits per heavy atom. The van der Waals surface area contributed by atoms with Gasteiger partial charge >= 0.3 is 5.97 Å². The predicted octanol–water partition coefficient (Wildman–Crippen LogP) is 4.18.